The van der Waals surface area contributed by atoms with E-state index in [1.165, 1.54) is 0 Å². The zero-order chi connectivity index (χ0) is 29.1. The lowest BCUT2D eigenvalue weighted by molar-refractivity contribution is -0.117. The van der Waals surface area contributed by atoms with Gasteiger partial charge < -0.3 is 14.2 Å². The van der Waals surface area contributed by atoms with Crippen molar-refractivity contribution in [2.24, 2.45) is 7.05 Å². The van der Waals surface area contributed by atoms with Crippen molar-refractivity contribution in [3.8, 4) is 11.8 Å². The topological polar surface area (TPSA) is 71.2 Å². The Morgan fingerprint density at radius 2 is 1.76 bits per heavy atom. The van der Waals surface area contributed by atoms with E-state index in [1.807, 2.05) is 85.3 Å². The zero-order valence-electron chi connectivity index (χ0n) is 23.0. The molecule has 0 aliphatic carbocycles. The van der Waals surface area contributed by atoms with Gasteiger partial charge in [0.1, 0.15) is 17.9 Å². The Morgan fingerprint density at radius 1 is 1.00 bits per heavy atom. The van der Waals surface area contributed by atoms with Crippen molar-refractivity contribution in [2.45, 2.75) is 26.4 Å². The number of fused-ring (bicyclic) bond motifs is 1. The van der Waals surface area contributed by atoms with E-state index >= 15 is 0 Å². The van der Waals surface area contributed by atoms with Crippen LogP contribution in [-0.2, 0) is 31.3 Å². The number of carbonyl (C=O) groups is 1. The minimum Gasteiger partial charge on any atom is -0.487 e. The van der Waals surface area contributed by atoms with E-state index in [-0.39, 0.29) is 18.9 Å². The highest BCUT2D eigenvalue weighted by atomic mass is 35.5. The third-order valence-corrected chi connectivity index (χ3v) is 8.00. The number of nitriles is 1. The normalized spacial score (nSPS) is 10.9. The molecule has 0 N–H and O–H groups in total. The molecule has 0 bridgehead atoms. The lowest BCUT2D eigenvalue weighted by Crippen LogP contribution is -2.29. The highest BCUT2D eigenvalue weighted by Gasteiger charge is 2.20. The van der Waals surface area contributed by atoms with Crippen molar-refractivity contribution in [1.82, 2.24) is 9.55 Å². The molecule has 0 saturated heterocycles. The molecule has 0 spiro atoms. The highest BCUT2D eigenvalue weighted by molar-refractivity contribution is 6.38. The number of ether oxygens (including phenoxy) is 1. The van der Waals surface area contributed by atoms with Crippen LogP contribution >= 0.6 is 23.2 Å². The molecule has 1 amide bonds. The van der Waals surface area contributed by atoms with Gasteiger partial charge in [0, 0.05) is 53.6 Å². The van der Waals surface area contributed by atoms with Crippen LogP contribution in [0, 0.1) is 18.3 Å². The average Bonchev–Trinajstić information content (AvgIpc) is 3.31. The van der Waals surface area contributed by atoms with Crippen molar-refractivity contribution >= 4 is 45.7 Å². The second-order valence-corrected chi connectivity index (χ2v) is 10.7. The van der Waals surface area contributed by atoms with Crippen molar-refractivity contribution in [1.29, 1.82) is 5.26 Å². The van der Waals surface area contributed by atoms with Crippen LogP contribution in [0.15, 0.2) is 78.9 Å². The minimum atomic E-state index is -0.110. The standard InChI is InChI=1S/C33H28Cl2N4O2/c1-21-7-12-24-5-4-6-30(33(24)37-21)41-20-27-28(34)15-16-29(32(27)35)39(3)31(40)18-26-14-13-25(38(26)2)17-22-8-10-23(19-36)11-9-22/h4-16H,17-18,20H2,1-3H3. The van der Waals surface area contributed by atoms with Gasteiger partial charge in [0.05, 0.1) is 28.8 Å². The van der Waals surface area contributed by atoms with Gasteiger partial charge in [-0.25, -0.2) is 4.98 Å². The second-order valence-electron chi connectivity index (χ2n) is 9.92. The third kappa shape index (κ3) is 6.07. The summed E-state index contributed by atoms with van der Waals surface area (Å²) in [6.45, 7) is 2.06. The van der Waals surface area contributed by atoms with Gasteiger partial charge >= 0.3 is 0 Å². The van der Waals surface area contributed by atoms with E-state index in [2.05, 4.69) is 11.1 Å². The van der Waals surface area contributed by atoms with Gasteiger partial charge in [0.2, 0.25) is 5.91 Å². The van der Waals surface area contributed by atoms with Crippen LogP contribution in [0.1, 0.15) is 33.8 Å². The quantitative estimate of drug-likeness (QED) is 0.190. The summed E-state index contributed by atoms with van der Waals surface area (Å²) >= 11 is 13.3. The number of halogens is 2. The number of para-hydroxylation sites is 1. The maximum Gasteiger partial charge on any atom is 0.232 e. The summed E-state index contributed by atoms with van der Waals surface area (Å²) in [5.41, 5.74) is 6.50. The number of benzene rings is 3. The number of aryl methyl sites for hydroxylation is 1. The first-order valence-corrected chi connectivity index (χ1v) is 13.9. The SMILES string of the molecule is Cc1ccc2cccc(OCc3c(Cl)ccc(N(C)C(=O)Cc4ccc(Cc5ccc(C#N)cc5)n4C)c3Cl)c2n1. The number of aromatic nitrogens is 2. The van der Waals surface area contributed by atoms with Gasteiger partial charge in [0.25, 0.3) is 0 Å². The molecule has 5 rings (SSSR count). The number of carbonyl (C=O) groups excluding carboxylic acids is 1. The Balaban J connectivity index is 1.31. The molecule has 3 aromatic carbocycles. The van der Waals surface area contributed by atoms with E-state index in [4.69, 9.17) is 33.2 Å². The van der Waals surface area contributed by atoms with Gasteiger partial charge in [-0.15, -0.1) is 0 Å². The molecule has 0 fully saturated rings. The molecular formula is C33H28Cl2N4O2. The van der Waals surface area contributed by atoms with E-state index < -0.39 is 0 Å². The number of amides is 1. The molecule has 41 heavy (non-hydrogen) atoms. The molecule has 5 aromatic rings. The summed E-state index contributed by atoms with van der Waals surface area (Å²) in [5, 5.41) is 10.8. The Bertz CT molecular complexity index is 1790. The predicted octanol–water partition coefficient (Wildman–Crippen LogP) is 7.44. The number of hydrogen-bond donors (Lipinski definition) is 0. The molecular weight excluding hydrogens is 555 g/mol. The highest BCUT2D eigenvalue weighted by Crippen LogP contribution is 2.35. The lowest BCUT2D eigenvalue weighted by atomic mass is 10.1. The first-order chi connectivity index (χ1) is 19.7. The molecule has 8 heteroatoms. The zero-order valence-corrected chi connectivity index (χ0v) is 24.5. The molecule has 0 unspecified atom stereocenters. The Kier molecular flexibility index (Phi) is 8.30. The fraction of sp³-hybridized carbons (Fsp3) is 0.182. The fourth-order valence-electron chi connectivity index (χ4n) is 4.73. The minimum absolute atomic E-state index is 0.110. The first kappa shape index (κ1) is 28.2. The lowest BCUT2D eigenvalue weighted by Gasteiger charge is -2.21. The number of nitrogens with zero attached hydrogens (tertiary/aromatic N) is 4. The van der Waals surface area contributed by atoms with Crippen molar-refractivity contribution in [3.63, 3.8) is 0 Å². The number of anilines is 1. The van der Waals surface area contributed by atoms with Crippen LogP contribution in [0.4, 0.5) is 5.69 Å². The number of pyridine rings is 1. The Labute approximate surface area is 249 Å². The summed E-state index contributed by atoms with van der Waals surface area (Å²) in [7, 11) is 3.66. The Morgan fingerprint density at radius 3 is 2.51 bits per heavy atom. The van der Waals surface area contributed by atoms with Crippen LogP contribution in [0.3, 0.4) is 0 Å². The van der Waals surface area contributed by atoms with Crippen molar-refractivity contribution < 1.29 is 9.53 Å². The summed E-state index contributed by atoms with van der Waals surface area (Å²) < 4.78 is 8.17. The van der Waals surface area contributed by atoms with Gasteiger partial charge in [-0.2, -0.15) is 5.26 Å². The van der Waals surface area contributed by atoms with Crippen LogP contribution in [-0.4, -0.2) is 22.5 Å². The summed E-state index contributed by atoms with van der Waals surface area (Å²) in [6.07, 6.45) is 0.899. The van der Waals surface area contributed by atoms with Crippen molar-refractivity contribution in [2.75, 3.05) is 11.9 Å². The van der Waals surface area contributed by atoms with Gasteiger partial charge in [-0.3, -0.25) is 4.79 Å². The van der Waals surface area contributed by atoms with E-state index in [9.17, 15) is 4.79 Å². The molecule has 0 atom stereocenters. The second kappa shape index (κ2) is 12.1. The predicted molar refractivity (Wildman–Crippen MR) is 164 cm³/mol. The monoisotopic (exact) mass is 582 g/mol. The van der Waals surface area contributed by atoms with Crippen LogP contribution in [0.25, 0.3) is 10.9 Å². The maximum absolute atomic E-state index is 13.4. The number of likely N-dealkylation sites (N-methyl/N-ethyl adjacent to an activating group) is 1. The van der Waals surface area contributed by atoms with E-state index in [0.29, 0.717) is 39.0 Å². The largest absolute Gasteiger partial charge is 0.487 e. The van der Waals surface area contributed by atoms with Crippen molar-refractivity contribution in [3.05, 3.63) is 123 Å². The summed E-state index contributed by atoms with van der Waals surface area (Å²) in [4.78, 5) is 19.5. The first-order valence-electron chi connectivity index (χ1n) is 13.1. The number of rotatable bonds is 8. The molecule has 0 aliphatic rings. The molecule has 206 valence electrons. The van der Waals surface area contributed by atoms with Gasteiger partial charge in [-0.1, -0.05) is 53.5 Å². The summed E-state index contributed by atoms with van der Waals surface area (Å²) in [5.74, 6) is 0.523. The molecule has 6 nitrogen and oxygen atoms in total. The van der Waals surface area contributed by atoms with E-state index in [0.717, 1.165) is 33.5 Å². The molecule has 2 aromatic heterocycles. The molecule has 0 aliphatic heterocycles. The average molecular weight is 584 g/mol. The molecule has 2 heterocycles. The van der Waals surface area contributed by atoms with Crippen LogP contribution < -0.4 is 9.64 Å². The molecule has 0 saturated carbocycles. The third-order valence-electron chi connectivity index (χ3n) is 7.23. The number of hydrogen-bond acceptors (Lipinski definition) is 4. The smallest absolute Gasteiger partial charge is 0.232 e. The van der Waals surface area contributed by atoms with E-state index in [1.54, 1.807) is 24.1 Å². The van der Waals surface area contributed by atoms with Gasteiger partial charge in [0.15, 0.2) is 0 Å². The van der Waals surface area contributed by atoms with Crippen LogP contribution in [0.5, 0.6) is 5.75 Å². The van der Waals surface area contributed by atoms with Gasteiger partial charge in [-0.05, 0) is 61.0 Å². The molecule has 0 radical (unpaired) electrons. The maximum atomic E-state index is 13.4. The summed E-state index contributed by atoms with van der Waals surface area (Å²) in [6, 6.07) is 26.9. The Hall–Kier alpha value is -4.31. The van der Waals surface area contributed by atoms with Crippen LogP contribution in [0.2, 0.25) is 10.0 Å². The fourth-order valence-corrected chi connectivity index (χ4v) is 5.34.